The fourth-order valence-electron chi connectivity index (χ4n) is 5.28. The van der Waals surface area contributed by atoms with Crippen LogP contribution in [0.4, 0.5) is 20.6 Å². The number of carbonyl (C=O) groups is 3. The number of anilines is 2. The smallest absolute Gasteiger partial charge is 0.336 e. The van der Waals surface area contributed by atoms with E-state index in [1.54, 1.807) is 12.1 Å². The summed E-state index contributed by atoms with van der Waals surface area (Å²) in [6.45, 7) is 9.27. The zero-order chi connectivity index (χ0) is 27.1. The number of hydrogen-bond acceptors (Lipinski definition) is 6. The van der Waals surface area contributed by atoms with Crippen molar-refractivity contribution in [3.63, 3.8) is 0 Å². The Morgan fingerprint density at radius 1 is 1.11 bits per heavy atom. The number of ether oxygens (including phenoxy) is 2. The van der Waals surface area contributed by atoms with Crippen LogP contribution in [0.25, 0.3) is 6.08 Å². The number of nitrogens with one attached hydrogen (secondary N) is 1. The second-order valence-electron chi connectivity index (χ2n) is 10.00. The number of amides is 4. The Balaban J connectivity index is 1.78. The van der Waals surface area contributed by atoms with Crippen molar-refractivity contribution in [2.24, 2.45) is 0 Å². The van der Waals surface area contributed by atoms with Gasteiger partial charge in [-0.3, -0.25) is 14.9 Å². The first-order chi connectivity index (χ1) is 17.5. The van der Waals surface area contributed by atoms with E-state index in [9.17, 15) is 14.4 Å². The van der Waals surface area contributed by atoms with Crippen LogP contribution in [0.2, 0.25) is 0 Å². The minimum Gasteiger partial charge on any atom is -0.497 e. The predicted molar refractivity (Wildman–Crippen MR) is 140 cm³/mol. The summed E-state index contributed by atoms with van der Waals surface area (Å²) in [6, 6.07) is 6.82. The van der Waals surface area contributed by atoms with Gasteiger partial charge in [0.1, 0.15) is 22.9 Å². The molecule has 1 N–H and O–H groups in total. The topological polar surface area (TPSA) is 88.2 Å². The van der Waals surface area contributed by atoms with Gasteiger partial charge in [0.2, 0.25) is 0 Å². The second kappa shape index (κ2) is 9.88. The minimum absolute atomic E-state index is 0.108. The van der Waals surface area contributed by atoms with E-state index in [4.69, 9.17) is 9.47 Å². The Labute approximate surface area is 216 Å². The number of rotatable bonds is 6. The molecule has 8 nitrogen and oxygen atoms in total. The Kier molecular flexibility index (Phi) is 6.99. The lowest BCUT2D eigenvalue weighted by Gasteiger charge is -2.47. The van der Waals surface area contributed by atoms with Crippen LogP contribution >= 0.6 is 0 Å². The number of imide groups is 2. The van der Waals surface area contributed by atoms with Crippen molar-refractivity contribution in [1.29, 1.82) is 0 Å². The van der Waals surface area contributed by atoms with Crippen molar-refractivity contribution >= 4 is 35.3 Å². The summed E-state index contributed by atoms with van der Waals surface area (Å²) in [5.74, 6) is -1.52. The van der Waals surface area contributed by atoms with E-state index in [2.05, 4.69) is 37.9 Å². The predicted octanol–water partition coefficient (Wildman–Crippen LogP) is 5.01. The summed E-state index contributed by atoms with van der Waals surface area (Å²) < 4.78 is 26.0. The van der Waals surface area contributed by atoms with Gasteiger partial charge < -0.3 is 14.4 Å². The molecule has 0 radical (unpaired) electrons. The fourth-order valence-corrected chi connectivity index (χ4v) is 5.28. The lowest BCUT2D eigenvalue weighted by Crippen LogP contribution is -2.54. The third-order valence-corrected chi connectivity index (χ3v) is 6.98. The number of barbiturate groups is 1. The largest absolute Gasteiger partial charge is 0.497 e. The van der Waals surface area contributed by atoms with Gasteiger partial charge in [0, 0.05) is 29.4 Å². The average Bonchev–Trinajstić information content (AvgIpc) is 2.84. The van der Waals surface area contributed by atoms with Gasteiger partial charge in [-0.25, -0.2) is 14.1 Å². The number of benzene rings is 2. The quantitative estimate of drug-likeness (QED) is 0.435. The van der Waals surface area contributed by atoms with Gasteiger partial charge in [0.05, 0.1) is 19.9 Å². The summed E-state index contributed by atoms with van der Waals surface area (Å²) in [6.07, 6.45) is 3.00. The molecule has 2 heterocycles. The highest BCUT2D eigenvalue weighted by Crippen LogP contribution is 2.44. The molecule has 1 atom stereocenters. The van der Waals surface area contributed by atoms with Crippen molar-refractivity contribution in [3.8, 4) is 11.5 Å². The molecule has 196 valence electrons. The van der Waals surface area contributed by atoms with Gasteiger partial charge in [0.25, 0.3) is 11.8 Å². The number of carbonyl (C=O) groups excluding carboxylic acids is 3. The summed E-state index contributed by atoms with van der Waals surface area (Å²) >= 11 is 0. The van der Waals surface area contributed by atoms with Crippen LogP contribution in [0, 0.1) is 5.82 Å². The molecule has 1 saturated heterocycles. The highest BCUT2D eigenvalue weighted by atomic mass is 19.1. The number of nitrogens with zero attached hydrogens (tertiary/aromatic N) is 2. The first-order valence-corrected chi connectivity index (χ1v) is 12.3. The molecule has 0 spiro atoms. The van der Waals surface area contributed by atoms with E-state index in [-0.39, 0.29) is 34.0 Å². The summed E-state index contributed by atoms with van der Waals surface area (Å²) in [5.41, 5.74) is 1.52. The number of fused-ring (bicyclic) bond motifs is 1. The molecule has 2 aromatic rings. The van der Waals surface area contributed by atoms with E-state index in [1.807, 2.05) is 0 Å². The maximum Gasteiger partial charge on any atom is 0.336 e. The maximum atomic E-state index is 15.4. The van der Waals surface area contributed by atoms with Crippen LogP contribution in [0.5, 0.6) is 11.5 Å². The van der Waals surface area contributed by atoms with Crippen LogP contribution in [-0.4, -0.2) is 44.1 Å². The number of methoxy groups -OCH3 is 2. The lowest BCUT2D eigenvalue weighted by molar-refractivity contribution is -0.122. The van der Waals surface area contributed by atoms with Gasteiger partial charge in [-0.15, -0.1) is 0 Å². The minimum atomic E-state index is -0.924. The molecule has 2 aromatic carbocycles. The molecule has 1 unspecified atom stereocenters. The summed E-state index contributed by atoms with van der Waals surface area (Å²) in [7, 11) is 2.86. The Morgan fingerprint density at radius 3 is 2.49 bits per heavy atom. The van der Waals surface area contributed by atoms with Crippen LogP contribution < -0.4 is 24.6 Å². The van der Waals surface area contributed by atoms with Gasteiger partial charge in [0.15, 0.2) is 0 Å². The molecule has 4 amide bonds. The number of halogens is 1. The van der Waals surface area contributed by atoms with Crippen LogP contribution in [0.3, 0.4) is 0 Å². The lowest BCUT2D eigenvalue weighted by atomic mass is 9.79. The van der Waals surface area contributed by atoms with E-state index in [0.29, 0.717) is 5.75 Å². The van der Waals surface area contributed by atoms with Gasteiger partial charge in [-0.2, -0.15) is 0 Å². The monoisotopic (exact) mass is 509 g/mol. The SMILES string of the molecule is CCCN1c2cc(F)c(/C=C3/C(=O)NC(=O)N(c4ccc(OC)cc4OC)C3=O)cc2C(C)CC1(C)C. The molecular formula is C28H32FN3O5. The normalized spacial score (nSPS) is 20.1. The van der Waals surface area contributed by atoms with Crippen molar-refractivity contribution in [1.82, 2.24) is 5.32 Å². The first-order valence-electron chi connectivity index (χ1n) is 12.3. The highest BCUT2D eigenvalue weighted by Gasteiger charge is 2.39. The van der Waals surface area contributed by atoms with Crippen molar-refractivity contribution in [2.45, 2.75) is 52.0 Å². The molecule has 0 bridgehead atoms. The second-order valence-corrected chi connectivity index (χ2v) is 10.00. The molecular weight excluding hydrogens is 477 g/mol. The van der Waals surface area contributed by atoms with Gasteiger partial charge >= 0.3 is 6.03 Å². The third kappa shape index (κ3) is 4.65. The highest BCUT2D eigenvalue weighted by molar-refractivity contribution is 6.39. The fraction of sp³-hybridized carbons (Fsp3) is 0.393. The third-order valence-electron chi connectivity index (χ3n) is 6.98. The molecule has 37 heavy (non-hydrogen) atoms. The zero-order valence-corrected chi connectivity index (χ0v) is 22.0. The molecule has 0 aromatic heterocycles. The molecule has 0 aliphatic carbocycles. The van der Waals surface area contributed by atoms with Crippen molar-refractivity contribution < 1.29 is 28.2 Å². The van der Waals surface area contributed by atoms with Crippen molar-refractivity contribution in [2.75, 3.05) is 30.6 Å². The van der Waals surface area contributed by atoms with Crippen LogP contribution in [0.1, 0.15) is 57.6 Å². The average molecular weight is 510 g/mol. The Hall–Kier alpha value is -3.88. The Bertz CT molecular complexity index is 1300. The summed E-state index contributed by atoms with van der Waals surface area (Å²) in [5, 5.41) is 2.18. The van der Waals surface area contributed by atoms with E-state index < -0.39 is 23.7 Å². The zero-order valence-electron chi connectivity index (χ0n) is 22.0. The number of hydrogen-bond donors (Lipinski definition) is 1. The van der Waals surface area contributed by atoms with E-state index >= 15 is 4.39 Å². The standard InChI is InChI=1S/C28H32FN3O5/c1-7-10-31-23-14-21(29)17(11-19(23)16(2)15-28(31,3)4)12-20-25(33)30-27(35)32(26(20)34)22-9-8-18(36-5)13-24(22)37-6/h8-9,11-14,16H,7,10,15H2,1-6H3,(H,30,33,35)/b20-12-. The van der Waals surface area contributed by atoms with E-state index in [0.717, 1.165) is 35.5 Å². The molecule has 2 aliphatic heterocycles. The molecule has 2 aliphatic rings. The number of urea groups is 1. The van der Waals surface area contributed by atoms with Crippen LogP contribution in [-0.2, 0) is 9.59 Å². The van der Waals surface area contributed by atoms with Gasteiger partial charge in [-0.1, -0.05) is 13.8 Å². The molecule has 1 fully saturated rings. The first kappa shape index (κ1) is 26.2. The van der Waals surface area contributed by atoms with Crippen molar-refractivity contribution in [3.05, 3.63) is 52.8 Å². The van der Waals surface area contributed by atoms with E-state index in [1.165, 1.54) is 38.5 Å². The summed E-state index contributed by atoms with van der Waals surface area (Å²) in [4.78, 5) is 41.8. The van der Waals surface area contributed by atoms with Crippen LogP contribution in [0.15, 0.2) is 35.9 Å². The maximum absolute atomic E-state index is 15.4. The Morgan fingerprint density at radius 2 is 1.84 bits per heavy atom. The molecule has 0 saturated carbocycles. The molecule has 9 heteroatoms. The van der Waals surface area contributed by atoms with Gasteiger partial charge in [-0.05, 0) is 68.5 Å². The molecule has 4 rings (SSSR count).